The summed E-state index contributed by atoms with van der Waals surface area (Å²) in [5.41, 5.74) is -0.656. The van der Waals surface area contributed by atoms with Gasteiger partial charge in [-0.25, -0.2) is 4.98 Å². The molecule has 0 radical (unpaired) electrons. The molecular formula is C13H19F3N2S. The average Bonchev–Trinajstić information content (AvgIpc) is 2.27. The van der Waals surface area contributed by atoms with Crippen LogP contribution in [0.1, 0.15) is 33.3 Å². The predicted molar refractivity (Wildman–Crippen MR) is 73.6 cm³/mol. The fourth-order valence-electron chi connectivity index (χ4n) is 1.33. The van der Waals surface area contributed by atoms with Crippen LogP contribution in [0.5, 0.6) is 0 Å². The number of nitrogens with zero attached hydrogens (tertiary/aromatic N) is 1. The lowest BCUT2D eigenvalue weighted by Gasteiger charge is -2.16. The quantitative estimate of drug-likeness (QED) is 0.798. The molecule has 0 fully saturated rings. The second-order valence-electron chi connectivity index (χ2n) is 4.67. The van der Waals surface area contributed by atoms with Gasteiger partial charge in [-0.2, -0.15) is 13.2 Å². The third-order valence-corrected chi connectivity index (χ3v) is 4.10. The molecule has 0 bridgehead atoms. The molecule has 1 aromatic heterocycles. The highest BCUT2D eigenvalue weighted by molar-refractivity contribution is 7.99. The first-order valence-electron chi connectivity index (χ1n) is 6.23. The molecule has 6 heteroatoms. The van der Waals surface area contributed by atoms with E-state index in [9.17, 15) is 13.2 Å². The van der Waals surface area contributed by atoms with E-state index < -0.39 is 11.7 Å². The van der Waals surface area contributed by atoms with Gasteiger partial charge in [0.2, 0.25) is 0 Å². The monoisotopic (exact) mass is 292 g/mol. The summed E-state index contributed by atoms with van der Waals surface area (Å²) >= 11 is 1.37. The third kappa shape index (κ3) is 4.93. The Morgan fingerprint density at radius 2 is 1.89 bits per heavy atom. The summed E-state index contributed by atoms with van der Waals surface area (Å²) in [6, 6.07) is 2.16. The molecule has 0 aliphatic carbocycles. The summed E-state index contributed by atoms with van der Waals surface area (Å²) in [6.45, 7) is 8.43. The molecule has 0 spiro atoms. The van der Waals surface area contributed by atoms with Gasteiger partial charge in [-0.3, -0.25) is 0 Å². The van der Waals surface area contributed by atoms with Crippen LogP contribution in [0, 0.1) is 5.92 Å². The van der Waals surface area contributed by atoms with Gasteiger partial charge in [0.25, 0.3) is 0 Å². The molecule has 0 aliphatic rings. The van der Waals surface area contributed by atoms with Crippen LogP contribution < -0.4 is 5.32 Å². The highest BCUT2D eigenvalue weighted by atomic mass is 32.2. The average molecular weight is 292 g/mol. The van der Waals surface area contributed by atoms with Crippen LogP contribution in [0.25, 0.3) is 0 Å². The minimum Gasteiger partial charge on any atom is -0.370 e. The zero-order chi connectivity index (χ0) is 14.6. The number of anilines is 1. The molecule has 0 aliphatic heterocycles. The first-order chi connectivity index (χ1) is 8.74. The fraction of sp³-hybridized carbons (Fsp3) is 0.615. The summed E-state index contributed by atoms with van der Waals surface area (Å²) in [5.74, 6) is 0.653. The molecule has 1 heterocycles. The van der Waals surface area contributed by atoms with E-state index in [2.05, 4.69) is 10.3 Å². The van der Waals surface area contributed by atoms with Crippen molar-refractivity contribution in [3.8, 4) is 0 Å². The van der Waals surface area contributed by atoms with Crippen molar-refractivity contribution in [1.82, 2.24) is 4.98 Å². The molecule has 0 aromatic carbocycles. The van der Waals surface area contributed by atoms with Crippen LogP contribution in [0.15, 0.2) is 17.2 Å². The maximum Gasteiger partial charge on any atom is 0.416 e. The second-order valence-corrected chi connectivity index (χ2v) is 6.07. The molecule has 19 heavy (non-hydrogen) atoms. The van der Waals surface area contributed by atoms with E-state index in [0.717, 1.165) is 12.1 Å². The van der Waals surface area contributed by atoms with E-state index in [1.807, 2.05) is 27.7 Å². The molecule has 1 N–H and O–H groups in total. The van der Waals surface area contributed by atoms with Crippen molar-refractivity contribution in [2.75, 3.05) is 11.9 Å². The molecule has 1 atom stereocenters. The number of hydrogen-bond acceptors (Lipinski definition) is 3. The van der Waals surface area contributed by atoms with Crippen molar-refractivity contribution in [1.29, 1.82) is 0 Å². The standard InChI is InChI=1S/C13H19F3N2S/c1-5-17-11-6-10(13(14,15)16)7-12(18-11)19-9(4)8(2)3/h6-9H,5H2,1-4H3,(H,17,18). The molecule has 0 amide bonds. The number of pyridine rings is 1. The van der Waals surface area contributed by atoms with Crippen LogP contribution >= 0.6 is 11.8 Å². The predicted octanol–water partition coefficient (Wildman–Crippen LogP) is 4.67. The Balaban J connectivity index is 3.06. The van der Waals surface area contributed by atoms with Crippen molar-refractivity contribution >= 4 is 17.6 Å². The van der Waals surface area contributed by atoms with Gasteiger partial charge in [0.1, 0.15) is 5.82 Å². The van der Waals surface area contributed by atoms with Crippen molar-refractivity contribution in [2.24, 2.45) is 5.92 Å². The SMILES string of the molecule is CCNc1cc(C(F)(F)F)cc(SC(C)C(C)C)n1. The lowest BCUT2D eigenvalue weighted by Crippen LogP contribution is -2.10. The number of aromatic nitrogens is 1. The van der Waals surface area contributed by atoms with E-state index in [1.165, 1.54) is 11.8 Å². The molecule has 0 saturated carbocycles. The maximum atomic E-state index is 12.8. The highest BCUT2D eigenvalue weighted by Gasteiger charge is 2.31. The molecule has 108 valence electrons. The number of rotatable bonds is 5. The summed E-state index contributed by atoms with van der Waals surface area (Å²) in [6.07, 6.45) is -4.34. The summed E-state index contributed by atoms with van der Waals surface area (Å²) in [5, 5.41) is 3.46. The zero-order valence-electron chi connectivity index (χ0n) is 11.5. The number of nitrogens with one attached hydrogen (secondary N) is 1. The van der Waals surface area contributed by atoms with E-state index in [1.54, 1.807) is 0 Å². The highest BCUT2D eigenvalue weighted by Crippen LogP contribution is 2.35. The Morgan fingerprint density at radius 3 is 2.37 bits per heavy atom. The molecule has 2 nitrogen and oxygen atoms in total. The van der Waals surface area contributed by atoms with Gasteiger partial charge < -0.3 is 5.32 Å². The summed E-state index contributed by atoms with van der Waals surface area (Å²) < 4.78 is 38.5. The van der Waals surface area contributed by atoms with Crippen LogP contribution in [-0.2, 0) is 6.18 Å². The maximum absolute atomic E-state index is 12.8. The Hall–Kier alpha value is -0.910. The Morgan fingerprint density at radius 1 is 1.26 bits per heavy atom. The van der Waals surface area contributed by atoms with Crippen LogP contribution in [0.4, 0.5) is 19.0 Å². The van der Waals surface area contributed by atoms with Crippen LogP contribution in [-0.4, -0.2) is 16.8 Å². The van der Waals surface area contributed by atoms with E-state index in [4.69, 9.17) is 0 Å². The van der Waals surface area contributed by atoms with E-state index in [-0.39, 0.29) is 11.1 Å². The van der Waals surface area contributed by atoms with Crippen LogP contribution in [0.3, 0.4) is 0 Å². The summed E-state index contributed by atoms with van der Waals surface area (Å²) in [4.78, 5) is 4.21. The molecule has 1 rings (SSSR count). The lowest BCUT2D eigenvalue weighted by molar-refractivity contribution is -0.137. The van der Waals surface area contributed by atoms with Gasteiger partial charge in [0, 0.05) is 11.8 Å². The fourth-order valence-corrected chi connectivity index (χ4v) is 2.33. The smallest absolute Gasteiger partial charge is 0.370 e. The first kappa shape index (κ1) is 16.1. The number of halogens is 3. The minimum atomic E-state index is -4.34. The normalized spacial score (nSPS) is 13.7. The Bertz CT molecular complexity index is 419. The number of hydrogen-bond donors (Lipinski definition) is 1. The van der Waals surface area contributed by atoms with Gasteiger partial charge in [-0.05, 0) is 25.0 Å². The minimum absolute atomic E-state index is 0.213. The van der Waals surface area contributed by atoms with Gasteiger partial charge in [0.15, 0.2) is 0 Å². The second kappa shape index (κ2) is 6.50. The third-order valence-electron chi connectivity index (χ3n) is 2.73. The van der Waals surface area contributed by atoms with Crippen molar-refractivity contribution in [3.63, 3.8) is 0 Å². The summed E-state index contributed by atoms with van der Waals surface area (Å²) in [7, 11) is 0. The number of alkyl halides is 3. The van der Waals surface area contributed by atoms with Gasteiger partial charge in [0.05, 0.1) is 10.6 Å². The zero-order valence-corrected chi connectivity index (χ0v) is 12.3. The van der Waals surface area contributed by atoms with Crippen molar-refractivity contribution < 1.29 is 13.2 Å². The largest absolute Gasteiger partial charge is 0.416 e. The molecule has 1 unspecified atom stereocenters. The lowest BCUT2D eigenvalue weighted by atomic mass is 10.2. The first-order valence-corrected chi connectivity index (χ1v) is 7.11. The molecular weight excluding hydrogens is 273 g/mol. The number of thioether (sulfide) groups is 1. The van der Waals surface area contributed by atoms with E-state index in [0.29, 0.717) is 17.5 Å². The van der Waals surface area contributed by atoms with Gasteiger partial charge in [-0.1, -0.05) is 20.8 Å². The van der Waals surface area contributed by atoms with Gasteiger partial charge >= 0.3 is 6.18 Å². The van der Waals surface area contributed by atoms with Crippen molar-refractivity contribution in [3.05, 3.63) is 17.7 Å². The van der Waals surface area contributed by atoms with E-state index >= 15 is 0 Å². The van der Waals surface area contributed by atoms with Crippen molar-refractivity contribution in [2.45, 2.75) is 44.1 Å². The Labute approximate surface area is 116 Å². The molecule has 0 saturated heterocycles. The topological polar surface area (TPSA) is 24.9 Å². The molecule has 1 aromatic rings. The Kier molecular flexibility index (Phi) is 5.52. The van der Waals surface area contributed by atoms with Gasteiger partial charge in [-0.15, -0.1) is 11.8 Å². The van der Waals surface area contributed by atoms with Crippen LogP contribution in [0.2, 0.25) is 0 Å².